The zero-order valence-electron chi connectivity index (χ0n) is 14.3. The van der Waals surface area contributed by atoms with Gasteiger partial charge in [0.15, 0.2) is 0 Å². The smallest absolute Gasteiger partial charge is 0.302 e. The van der Waals surface area contributed by atoms with Crippen LogP contribution in [0.2, 0.25) is 10.0 Å². The van der Waals surface area contributed by atoms with Crippen molar-refractivity contribution in [2.75, 3.05) is 4.90 Å². The zero-order valence-corrected chi connectivity index (χ0v) is 15.8. The molecule has 0 N–H and O–H groups in total. The number of hydrogen-bond donors (Lipinski definition) is 0. The van der Waals surface area contributed by atoms with Crippen molar-refractivity contribution < 1.29 is 18.0 Å². The van der Waals surface area contributed by atoms with Gasteiger partial charge < -0.3 is 4.90 Å². The Balaban J connectivity index is 2.00. The molecule has 1 heterocycles. The predicted molar refractivity (Wildman–Crippen MR) is 103 cm³/mol. The average Bonchev–Trinajstić information content (AvgIpc) is 2.67. The number of pyridine rings is 1. The topological polar surface area (TPSA) is 33.2 Å². The van der Waals surface area contributed by atoms with Crippen LogP contribution in [-0.2, 0) is 12.7 Å². The van der Waals surface area contributed by atoms with Crippen molar-refractivity contribution in [3.63, 3.8) is 0 Å². The molecule has 3 nitrogen and oxygen atoms in total. The first kappa shape index (κ1) is 20.2. The van der Waals surface area contributed by atoms with Crippen molar-refractivity contribution in [1.29, 1.82) is 0 Å². The number of aromatic nitrogens is 1. The minimum atomic E-state index is -4.55. The number of carbonyl (C=O) groups excluding carboxylic acids is 1. The monoisotopic (exact) mass is 424 g/mol. The highest BCUT2D eigenvalue weighted by molar-refractivity contribution is 6.34. The van der Waals surface area contributed by atoms with Gasteiger partial charge in [-0.1, -0.05) is 53.5 Å². The highest BCUT2D eigenvalue weighted by Crippen LogP contribution is 2.32. The maximum absolute atomic E-state index is 13.1. The first-order valence-corrected chi connectivity index (χ1v) is 8.86. The Morgan fingerprint density at radius 3 is 2.21 bits per heavy atom. The molecule has 1 amide bonds. The van der Waals surface area contributed by atoms with E-state index >= 15 is 0 Å². The van der Waals surface area contributed by atoms with Crippen LogP contribution in [0.1, 0.15) is 21.6 Å². The van der Waals surface area contributed by atoms with Gasteiger partial charge >= 0.3 is 6.18 Å². The highest BCUT2D eigenvalue weighted by Gasteiger charge is 2.32. The molecule has 3 aromatic rings. The summed E-state index contributed by atoms with van der Waals surface area (Å²) in [6.07, 6.45) is -3.86. The van der Waals surface area contributed by atoms with Crippen LogP contribution in [0.5, 0.6) is 0 Å². The van der Waals surface area contributed by atoms with Crippen LogP contribution in [-0.4, -0.2) is 10.9 Å². The SMILES string of the molecule is O=C(c1ccccc1Cl)N(Cc1ncc(C(F)(F)F)cc1Cl)c1ccccc1. The Morgan fingerprint density at radius 2 is 1.61 bits per heavy atom. The van der Waals surface area contributed by atoms with Crippen LogP contribution in [0.4, 0.5) is 18.9 Å². The van der Waals surface area contributed by atoms with Crippen LogP contribution in [0.3, 0.4) is 0 Å². The van der Waals surface area contributed by atoms with Crippen LogP contribution in [0, 0.1) is 0 Å². The molecule has 0 aliphatic heterocycles. The molecule has 28 heavy (non-hydrogen) atoms. The largest absolute Gasteiger partial charge is 0.417 e. The van der Waals surface area contributed by atoms with Crippen LogP contribution >= 0.6 is 23.2 Å². The van der Waals surface area contributed by atoms with E-state index in [4.69, 9.17) is 23.2 Å². The number of hydrogen-bond acceptors (Lipinski definition) is 2. The second-order valence-corrected chi connectivity index (χ2v) is 6.67. The number of halogens is 5. The Bertz CT molecular complexity index is 994. The molecule has 0 saturated heterocycles. The van der Waals surface area contributed by atoms with Gasteiger partial charge in [0.2, 0.25) is 0 Å². The highest BCUT2D eigenvalue weighted by atomic mass is 35.5. The molecule has 3 rings (SSSR count). The molecule has 0 radical (unpaired) electrons. The van der Waals surface area contributed by atoms with Gasteiger partial charge in [-0.15, -0.1) is 0 Å². The minimum Gasteiger partial charge on any atom is -0.302 e. The lowest BCUT2D eigenvalue weighted by molar-refractivity contribution is -0.137. The number of nitrogens with zero attached hydrogens (tertiary/aromatic N) is 2. The lowest BCUT2D eigenvalue weighted by Gasteiger charge is -2.24. The first-order chi connectivity index (χ1) is 13.3. The van der Waals surface area contributed by atoms with Crippen molar-refractivity contribution in [2.45, 2.75) is 12.7 Å². The van der Waals surface area contributed by atoms with Crippen molar-refractivity contribution in [3.05, 3.63) is 93.7 Å². The summed E-state index contributed by atoms with van der Waals surface area (Å²) < 4.78 is 38.5. The second kappa shape index (κ2) is 8.20. The quantitative estimate of drug-likeness (QED) is 0.495. The summed E-state index contributed by atoms with van der Waals surface area (Å²) in [5.41, 5.74) is -0.0231. The number of rotatable bonds is 4. The second-order valence-electron chi connectivity index (χ2n) is 5.86. The molecule has 144 valence electrons. The maximum Gasteiger partial charge on any atom is 0.417 e. The predicted octanol–water partition coefficient (Wildman–Crippen LogP) is 6.25. The number of alkyl halides is 3. The summed E-state index contributed by atoms with van der Waals surface area (Å²) in [4.78, 5) is 18.3. The van der Waals surface area contributed by atoms with Gasteiger partial charge in [-0.3, -0.25) is 9.78 Å². The Morgan fingerprint density at radius 1 is 0.964 bits per heavy atom. The molecule has 0 unspecified atom stereocenters. The molecule has 0 aliphatic rings. The fourth-order valence-electron chi connectivity index (χ4n) is 2.56. The van der Waals surface area contributed by atoms with E-state index in [9.17, 15) is 18.0 Å². The summed E-state index contributed by atoms with van der Waals surface area (Å²) in [5.74, 6) is -0.422. The van der Waals surface area contributed by atoms with Gasteiger partial charge in [-0.05, 0) is 30.3 Å². The first-order valence-electron chi connectivity index (χ1n) is 8.10. The molecule has 0 fully saturated rings. The lowest BCUT2D eigenvalue weighted by Crippen LogP contribution is -2.31. The van der Waals surface area contributed by atoms with Crippen LogP contribution < -0.4 is 4.90 Å². The Hall–Kier alpha value is -2.57. The average molecular weight is 425 g/mol. The van der Waals surface area contributed by atoms with Crippen molar-refractivity contribution in [2.24, 2.45) is 0 Å². The van der Waals surface area contributed by atoms with Crippen molar-refractivity contribution in [3.8, 4) is 0 Å². The van der Waals surface area contributed by atoms with E-state index in [-0.39, 0.29) is 27.8 Å². The lowest BCUT2D eigenvalue weighted by atomic mass is 10.1. The van der Waals surface area contributed by atoms with E-state index in [1.807, 2.05) is 0 Å². The van der Waals surface area contributed by atoms with Crippen LogP contribution in [0.25, 0.3) is 0 Å². The van der Waals surface area contributed by atoms with Crippen LogP contribution in [0.15, 0.2) is 66.9 Å². The Kier molecular flexibility index (Phi) is 5.91. The number of anilines is 1. The summed E-state index contributed by atoms with van der Waals surface area (Å²) in [7, 11) is 0. The molecule has 0 aliphatic carbocycles. The summed E-state index contributed by atoms with van der Waals surface area (Å²) in [5, 5.41) is 0.0858. The third kappa shape index (κ3) is 4.46. The standard InChI is InChI=1S/C20H13Cl2F3N2O/c21-16-9-5-4-8-15(16)19(28)27(14-6-2-1-3-7-14)12-18-17(22)10-13(11-26-18)20(23,24)25/h1-11H,12H2. The summed E-state index contributed by atoms with van der Waals surface area (Å²) in [6, 6.07) is 16.0. The zero-order chi connectivity index (χ0) is 20.3. The summed E-state index contributed by atoms with van der Waals surface area (Å²) in [6.45, 7) is -0.120. The van der Waals surface area contributed by atoms with Gasteiger partial charge in [0.1, 0.15) is 0 Å². The molecule has 2 aromatic carbocycles. The number of benzene rings is 2. The minimum absolute atomic E-state index is 0.120. The number of amides is 1. The Labute approximate surface area is 169 Å². The number of para-hydroxylation sites is 1. The van der Waals surface area contributed by atoms with E-state index in [1.54, 1.807) is 54.6 Å². The molecule has 1 aromatic heterocycles. The number of carbonyl (C=O) groups is 1. The molecule has 0 atom stereocenters. The van der Waals surface area contributed by atoms with E-state index in [1.165, 1.54) is 4.90 Å². The molecule has 0 bridgehead atoms. The molecular weight excluding hydrogens is 412 g/mol. The maximum atomic E-state index is 13.1. The third-order valence-corrected chi connectivity index (χ3v) is 4.63. The van der Waals surface area contributed by atoms with E-state index in [0.717, 1.165) is 6.07 Å². The molecule has 0 saturated carbocycles. The van der Waals surface area contributed by atoms with E-state index in [2.05, 4.69) is 4.98 Å². The van der Waals surface area contributed by atoms with Gasteiger partial charge in [-0.25, -0.2) is 0 Å². The normalized spacial score (nSPS) is 11.3. The van der Waals surface area contributed by atoms with E-state index < -0.39 is 17.6 Å². The van der Waals surface area contributed by atoms with Crippen molar-refractivity contribution in [1.82, 2.24) is 4.98 Å². The fraction of sp³-hybridized carbons (Fsp3) is 0.100. The third-order valence-electron chi connectivity index (χ3n) is 3.97. The van der Waals surface area contributed by atoms with E-state index in [0.29, 0.717) is 11.9 Å². The molecule has 8 heteroatoms. The molecule has 0 spiro atoms. The van der Waals surface area contributed by atoms with Gasteiger partial charge in [0.05, 0.1) is 33.4 Å². The van der Waals surface area contributed by atoms with Gasteiger partial charge in [0.25, 0.3) is 5.91 Å². The van der Waals surface area contributed by atoms with Gasteiger partial charge in [0, 0.05) is 11.9 Å². The van der Waals surface area contributed by atoms with Crippen molar-refractivity contribution >= 4 is 34.8 Å². The van der Waals surface area contributed by atoms with Gasteiger partial charge in [-0.2, -0.15) is 13.2 Å². The molecular formula is C20H13Cl2F3N2O. The fourth-order valence-corrected chi connectivity index (χ4v) is 3.00. The summed E-state index contributed by atoms with van der Waals surface area (Å²) >= 11 is 12.2.